The topological polar surface area (TPSA) is 79.4 Å². The number of nitrogens with one attached hydrogen (secondary N) is 1. The minimum absolute atomic E-state index is 0.0585. The van der Waals surface area contributed by atoms with Gasteiger partial charge in [-0.25, -0.2) is 18.1 Å². The minimum atomic E-state index is -3.78. The molecule has 1 unspecified atom stereocenters. The highest BCUT2D eigenvalue weighted by molar-refractivity contribution is 9.10. The summed E-state index contributed by atoms with van der Waals surface area (Å²) in [6.07, 6.45) is 2.77. The van der Waals surface area contributed by atoms with Gasteiger partial charge < -0.3 is 4.90 Å². The van der Waals surface area contributed by atoms with E-state index in [1.807, 2.05) is 0 Å². The molecule has 1 N–H and O–H groups in total. The van der Waals surface area contributed by atoms with E-state index in [1.165, 1.54) is 12.3 Å². The summed E-state index contributed by atoms with van der Waals surface area (Å²) in [4.78, 5) is 16.9. The SMILES string of the molecule is CC(CN1CCCC1=O)NS(=O)(=O)c1cc(Br)cnc1Cl. The molecule has 9 heteroatoms. The largest absolute Gasteiger partial charge is 0.341 e. The van der Waals surface area contributed by atoms with Crippen LogP contribution in [0.4, 0.5) is 0 Å². The van der Waals surface area contributed by atoms with Crippen LogP contribution in [0.15, 0.2) is 21.6 Å². The maximum absolute atomic E-state index is 12.3. The van der Waals surface area contributed by atoms with Crippen LogP contribution in [0.2, 0.25) is 5.15 Å². The molecule has 1 fully saturated rings. The van der Waals surface area contributed by atoms with Gasteiger partial charge in [-0.05, 0) is 35.3 Å². The molecular weight excluding hydrogens is 382 g/mol. The average Bonchev–Trinajstić information content (AvgIpc) is 2.77. The number of hydrogen-bond acceptors (Lipinski definition) is 4. The number of likely N-dealkylation sites (tertiary alicyclic amines) is 1. The monoisotopic (exact) mass is 395 g/mol. The molecule has 1 amide bonds. The first-order chi connectivity index (χ1) is 9.79. The van der Waals surface area contributed by atoms with E-state index in [9.17, 15) is 13.2 Å². The van der Waals surface area contributed by atoms with Gasteiger partial charge in [0, 0.05) is 36.2 Å². The Kier molecular flexibility index (Phi) is 5.24. The van der Waals surface area contributed by atoms with Crippen LogP contribution in [0.3, 0.4) is 0 Å². The summed E-state index contributed by atoms with van der Waals surface area (Å²) in [6, 6.07) is 0.984. The van der Waals surface area contributed by atoms with Gasteiger partial charge in [-0.1, -0.05) is 11.6 Å². The first-order valence-electron chi connectivity index (χ1n) is 6.41. The van der Waals surface area contributed by atoms with Crippen molar-refractivity contribution in [1.82, 2.24) is 14.6 Å². The number of rotatable bonds is 5. The standard InChI is InChI=1S/C12H15BrClN3O3S/c1-8(7-17-4-2-3-11(17)18)16-21(19,20)10-5-9(13)6-15-12(10)14/h5-6,8,16H,2-4,7H2,1H3. The average molecular weight is 397 g/mol. The van der Waals surface area contributed by atoms with Crippen molar-refractivity contribution in [2.45, 2.75) is 30.7 Å². The molecule has 0 aliphatic carbocycles. The summed E-state index contributed by atoms with van der Waals surface area (Å²) in [5, 5.41) is -0.0878. The number of amides is 1. The Balaban J connectivity index is 2.09. The lowest BCUT2D eigenvalue weighted by atomic mass is 10.3. The van der Waals surface area contributed by atoms with Crippen molar-refractivity contribution in [3.05, 3.63) is 21.9 Å². The minimum Gasteiger partial charge on any atom is -0.341 e. The number of hydrogen-bond donors (Lipinski definition) is 1. The van der Waals surface area contributed by atoms with E-state index < -0.39 is 16.1 Å². The van der Waals surface area contributed by atoms with Crippen LogP contribution in [-0.4, -0.2) is 43.3 Å². The van der Waals surface area contributed by atoms with E-state index in [4.69, 9.17) is 11.6 Å². The third-order valence-electron chi connectivity index (χ3n) is 3.09. The number of nitrogens with zero attached hydrogens (tertiary/aromatic N) is 2. The zero-order chi connectivity index (χ0) is 15.6. The van der Waals surface area contributed by atoms with E-state index in [1.54, 1.807) is 11.8 Å². The highest BCUT2D eigenvalue weighted by Gasteiger charge is 2.26. The smallest absolute Gasteiger partial charge is 0.243 e. The van der Waals surface area contributed by atoms with Gasteiger partial charge >= 0.3 is 0 Å². The molecule has 1 atom stereocenters. The van der Waals surface area contributed by atoms with Crippen molar-refractivity contribution in [2.75, 3.05) is 13.1 Å². The highest BCUT2D eigenvalue weighted by Crippen LogP contribution is 2.23. The Labute approximate surface area is 137 Å². The van der Waals surface area contributed by atoms with Crippen LogP contribution < -0.4 is 4.72 Å². The van der Waals surface area contributed by atoms with E-state index in [-0.39, 0.29) is 16.0 Å². The molecule has 2 rings (SSSR count). The molecule has 0 aromatic carbocycles. The Morgan fingerprint density at radius 3 is 2.90 bits per heavy atom. The maximum atomic E-state index is 12.3. The Bertz CT molecular complexity index is 653. The van der Waals surface area contributed by atoms with Gasteiger partial charge in [0.05, 0.1) is 0 Å². The fourth-order valence-corrected chi connectivity index (χ4v) is 4.36. The lowest BCUT2D eigenvalue weighted by molar-refractivity contribution is -0.127. The zero-order valence-electron chi connectivity index (χ0n) is 11.3. The van der Waals surface area contributed by atoms with Gasteiger partial charge in [0.15, 0.2) is 0 Å². The molecule has 116 valence electrons. The fourth-order valence-electron chi connectivity index (χ4n) is 2.19. The van der Waals surface area contributed by atoms with Crippen molar-refractivity contribution in [3.8, 4) is 0 Å². The molecule has 0 bridgehead atoms. The second kappa shape index (κ2) is 6.60. The lowest BCUT2D eigenvalue weighted by Crippen LogP contribution is -2.42. The van der Waals surface area contributed by atoms with Gasteiger partial charge in [-0.15, -0.1) is 0 Å². The number of halogens is 2. The Hall–Kier alpha value is -0.700. The molecular formula is C12H15BrClN3O3S. The number of sulfonamides is 1. The zero-order valence-corrected chi connectivity index (χ0v) is 14.5. The summed E-state index contributed by atoms with van der Waals surface area (Å²) in [5.74, 6) is 0.0585. The van der Waals surface area contributed by atoms with Crippen LogP contribution in [0.25, 0.3) is 0 Å². The molecule has 21 heavy (non-hydrogen) atoms. The Morgan fingerprint density at radius 2 is 2.29 bits per heavy atom. The second-order valence-corrected chi connectivity index (χ2v) is 7.86. The van der Waals surface area contributed by atoms with Gasteiger partial charge in [-0.3, -0.25) is 4.79 Å². The number of aromatic nitrogens is 1. The van der Waals surface area contributed by atoms with Crippen molar-refractivity contribution in [3.63, 3.8) is 0 Å². The molecule has 0 saturated carbocycles. The first kappa shape index (κ1) is 16.7. The molecule has 1 aliphatic rings. The number of carbonyl (C=O) groups excluding carboxylic acids is 1. The van der Waals surface area contributed by atoms with Crippen LogP contribution in [-0.2, 0) is 14.8 Å². The van der Waals surface area contributed by atoms with Crippen LogP contribution >= 0.6 is 27.5 Å². The number of pyridine rings is 1. The molecule has 1 aromatic heterocycles. The first-order valence-corrected chi connectivity index (χ1v) is 9.06. The van der Waals surface area contributed by atoms with Crippen molar-refractivity contribution >= 4 is 43.5 Å². The fraction of sp³-hybridized carbons (Fsp3) is 0.500. The van der Waals surface area contributed by atoms with Crippen molar-refractivity contribution in [1.29, 1.82) is 0 Å². The second-order valence-electron chi connectivity index (χ2n) is 4.91. The molecule has 2 heterocycles. The Morgan fingerprint density at radius 1 is 1.57 bits per heavy atom. The quantitative estimate of drug-likeness (QED) is 0.770. The molecule has 0 spiro atoms. The van der Waals surface area contributed by atoms with Crippen LogP contribution in [0, 0.1) is 0 Å². The van der Waals surface area contributed by atoms with Gasteiger partial charge in [0.1, 0.15) is 10.0 Å². The molecule has 1 saturated heterocycles. The third kappa shape index (κ3) is 4.15. The van der Waals surface area contributed by atoms with Gasteiger partial charge in [0.2, 0.25) is 15.9 Å². The van der Waals surface area contributed by atoms with E-state index >= 15 is 0 Å². The normalized spacial score (nSPS) is 17.3. The summed E-state index contributed by atoms with van der Waals surface area (Å²) in [6.45, 7) is 2.73. The summed E-state index contributed by atoms with van der Waals surface area (Å²) in [7, 11) is -3.78. The number of carbonyl (C=O) groups is 1. The molecule has 0 radical (unpaired) electrons. The van der Waals surface area contributed by atoms with Gasteiger partial charge in [-0.2, -0.15) is 0 Å². The van der Waals surface area contributed by atoms with Crippen molar-refractivity contribution in [2.24, 2.45) is 0 Å². The summed E-state index contributed by atoms with van der Waals surface area (Å²) >= 11 is 9.01. The van der Waals surface area contributed by atoms with E-state index in [2.05, 4.69) is 25.6 Å². The van der Waals surface area contributed by atoms with Crippen molar-refractivity contribution < 1.29 is 13.2 Å². The molecule has 1 aliphatic heterocycles. The third-order valence-corrected chi connectivity index (χ3v) is 5.53. The lowest BCUT2D eigenvalue weighted by Gasteiger charge is -2.21. The van der Waals surface area contributed by atoms with Crippen LogP contribution in [0.5, 0.6) is 0 Å². The van der Waals surface area contributed by atoms with E-state index in [0.717, 1.165) is 6.42 Å². The maximum Gasteiger partial charge on any atom is 0.243 e. The predicted molar refractivity (Wildman–Crippen MR) is 82.5 cm³/mol. The predicted octanol–water partition coefficient (Wildman–Crippen LogP) is 1.79. The summed E-state index contributed by atoms with van der Waals surface area (Å²) in [5.41, 5.74) is 0. The van der Waals surface area contributed by atoms with E-state index in [0.29, 0.717) is 24.0 Å². The molecule has 1 aromatic rings. The summed E-state index contributed by atoms with van der Waals surface area (Å²) < 4.78 is 27.7. The highest BCUT2D eigenvalue weighted by atomic mass is 79.9. The van der Waals surface area contributed by atoms with Gasteiger partial charge in [0.25, 0.3) is 0 Å². The van der Waals surface area contributed by atoms with Crippen LogP contribution in [0.1, 0.15) is 19.8 Å². The molecule has 6 nitrogen and oxygen atoms in total.